The van der Waals surface area contributed by atoms with Crippen LogP contribution in [-0.2, 0) is 0 Å². The molecule has 1 atom stereocenters. The molecule has 0 aromatic carbocycles. The Labute approximate surface area is 84.2 Å². The van der Waals surface area contributed by atoms with Crippen LogP contribution in [0.1, 0.15) is 19.3 Å². The molecule has 1 aromatic heterocycles. The predicted octanol–water partition coefficient (Wildman–Crippen LogP) is 1.03. The van der Waals surface area contributed by atoms with Gasteiger partial charge in [0.2, 0.25) is 0 Å². The van der Waals surface area contributed by atoms with Gasteiger partial charge in [-0.15, -0.1) is 0 Å². The second-order valence-electron chi connectivity index (χ2n) is 3.65. The molecule has 0 spiro atoms. The summed E-state index contributed by atoms with van der Waals surface area (Å²) in [6.07, 6.45) is 8.85. The average molecular weight is 192 g/mol. The van der Waals surface area contributed by atoms with E-state index in [1.54, 1.807) is 6.33 Å². The maximum Gasteiger partial charge on any atom is 0.115 e. The highest BCUT2D eigenvalue weighted by molar-refractivity contribution is 5.38. The van der Waals surface area contributed by atoms with Crippen molar-refractivity contribution < 1.29 is 0 Å². The minimum absolute atomic E-state index is 0.566. The zero-order valence-electron chi connectivity index (χ0n) is 8.24. The Morgan fingerprint density at radius 2 is 2.07 bits per heavy atom. The van der Waals surface area contributed by atoms with Crippen molar-refractivity contribution in [3.8, 4) is 0 Å². The summed E-state index contributed by atoms with van der Waals surface area (Å²) in [7, 11) is 0. The van der Waals surface area contributed by atoms with E-state index in [1.807, 2.05) is 12.4 Å². The Morgan fingerprint density at radius 1 is 1.21 bits per heavy atom. The zero-order valence-corrected chi connectivity index (χ0v) is 8.24. The maximum atomic E-state index is 3.98. The number of aromatic nitrogens is 2. The standard InChI is InChI=1S/C10H16N4/c1-2-9(3-5-11-4-1)14-10-6-12-8-13-7-10/h6-9,11,14H,1-5H2. The molecule has 0 amide bonds. The molecule has 4 nitrogen and oxygen atoms in total. The van der Waals surface area contributed by atoms with Crippen LogP contribution in [-0.4, -0.2) is 29.1 Å². The molecule has 14 heavy (non-hydrogen) atoms. The molecule has 4 heteroatoms. The van der Waals surface area contributed by atoms with Gasteiger partial charge in [0, 0.05) is 6.04 Å². The van der Waals surface area contributed by atoms with Crippen LogP contribution in [0, 0.1) is 0 Å². The van der Waals surface area contributed by atoms with E-state index in [9.17, 15) is 0 Å². The van der Waals surface area contributed by atoms with Gasteiger partial charge in [-0.3, -0.25) is 0 Å². The van der Waals surface area contributed by atoms with E-state index in [1.165, 1.54) is 19.3 Å². The average Bonchev–Trinajstić information content (AvgIpc) is 2.48. The van der Waals surface area contributed by atoms with Crippen LogP contribution in [0.5, 0.6) is 0 Å². The summed E-state index contributed by atoms with van der Waals surface area (Å²) in [5, 5.41) is 6.85. The lowest BCUT2D eigenvalue weighted by Gasteiger charge is -2.16. The predicted molar refractivity (Wildman–Crippen MR) is 56.2 cm³/mol. The van der Waals surface area contributed by atoms with Gasteiger partial charge in [-0.1, -0.05) is 0 Å². The van der Waals surface area contributed by atoms with Crippen molar-refractivity contribution in [2.75, 3.05) is 18.4 Å². The first-order chi connectivity index (χ1) is 6.95. The third-order valence-corrected chi connectivity index (χ3v) is 2.51. The number of hydrogen-bond acceptors (Lipinski definition) is 4. The SMILES string of the molecule is c1ncc(NC2CCCNCC2)cn1. The fourth-order valence-corrected chi connectivity index (χ4v) is 1.77. The first-order valence-electron chi connectivity index (χ1n) is 5.17. The van der Waals surface area contributed by atoms with Gasteiger partial charge in [0.1, 0.15) is 6.33 Å². The largest absolute Gasteiger partial charge is 0.380 e. The summed E-state index contributed by atoms with van der Waals surface area (Å²) in [5.41, 5.74) is 1.03. The lowest BCUT2D eigenvalue weighted by atomic mass is 10.1. The normalized spacial score (nSPS) is 22.7. The van der Waals surface area contributed by atoms with Crippen LogP contribution >= 0.6 is 0 Å². The van der Waals surface area contributed by atoms with E-state index in [4.69, 9.17) is 0 Å². The molecular formula is C10H16N4. The lowest BCUT2D eigenvalue weighted by molar-refractivity contribution is 0.637. The summed E-state index contributed by atoms with van der Waals surface area (Å²) in [4.78, 5) is 7.97. The molecule has 0 aliphatic carbocycles. The number of nitrogens with one attached hydrogen (secondary N) is 2. The summed E-state index contributed by atoms with van der Waals surface area (Å²) in [6.45, 7) is 2.24. The molecule has 1 saturated heterocycles. The fourth-order valence-electron chi connectivity index (χ4n) is 1.77. The Bertz CT molecular complexity index is 254. The molecule has 0 bridgehead atoms. The highest BCUT2D eigenvalue weighted by atomic mass is 15.0. The van der Waals surface area contributed by atoms with Crippen LogP contribution < -0.4 is 10.6 Å². The Kier molecular flexibility index (Phi) is 3.29. The third-order valence-electron chi connectivity index (χ3n) is 2.51. The van der Waals surface area contributed by atoms with Crippen LogP contribution in [0.25, 0.3) is 0 Å². The van der Waals surface area contributed by atoms with Gasteiger partial charge < -0.3 is 10.6 Å². The molecule has 2 rings (SSSR count). The van der Waals surface area contributed by atoms with E-state index in [0.717, 1.165) is 18.8 Å². The second-order valence-corrected chi connectivity index (χ2v) is 3.65. The second kappa shape index (κ2) is 4.91. The van der Waals surface area contributed by atoms with Crippen molar-refractivity contribution in [2.24, 2.45) is 0 Å². The summed E-state index contributed by atoms with van der Waals surface area (Å²) in [6, 6.07) is 0.566. The van der Waals surface area contributed by atoms with E-state index < -0.39 is 0 Å². The number of anilines is 1. The lowest BCUT2D eigenvalue weighted by Crippen LogP contribution is -2.21. The summed E-state index contributed by atoms with van der Waals surface area (Å²) in [5.74, 6) is 0. The van der Waals surface area contributed by atoms with E-state index in [-0.39, 0.29) is 0 Å². The summed E-state index contributed by atoms with van der Waals surface area (Å²) < 4.78 is 0. The molecule has 1 aliphatic rings. The molecule has 1 unspecified atom stereocenters. The van der Waals surface area contributed by atoms with Crippen molar-refractivity contribution in [3.63, 3.8) is 0 Å². The van der Waals surface area contributed by atoms with Crippen molar-refractivity contribution in [1.29, 1.82) is 0 Å². The number of hydrogen-bond donors (Lipinski definition) is 2. The molecule has 0 radical (unpaired) electrons. The van der Waals surface area contributed by atoms with Gasteiger partial charge in [-0.05, 0) is 32.4 Å². The van der Waals surface area contributed by atoms with Gasteiger partial charge in [0.15, 0.2) is 0 Å². The first-order valence-corrected chi connectivity index (χ1v) is 5.17. The quantitative estimate of drug-likeness (QED) is 0.735. The van der Waals surface area contributed by atoms with Crippen molar-refractivity contribution in [3.05, 3.63) is 18.7 Å². The highest BCUT2D eigenvalue weighted by Gasteiger charge is 2.10. The highest BCUT2D eigenvalue weighted by Crippen LogP contribution is 2.11. The van der Waals surface area contributed by atoms with Crippen LogP contribution in [0.15, 0.2) is 18.7 Å². The Hall–Kier alpha value is -1.16. The molecule has 0 saturated carbocycles. The topological polar surface area (TPSA) is 49.8 Å². The Balaban J connectivity index is 1.90. The van der Waals surface area contributed by atoms with E-state index >= 15 is 0 Å². The van der Waals surface area contributed by atoms with E-state index in [0.29, 0.717) is 6.04 Å². The minimum atomic E-state index is 0.566. The molecule has 2 heterocycles. The summed E-state index contributed by atoms with van der Waals surface area (Å²) >= 11 is 0. The number of nitrogens with zero attached hydrogens (tertiary/aromatic N) is 2. The smallest absolute Gasteiger partial charge is 0.115 e. The molecular weight excluding hydrogens is 176 g/mol. The van der Waals surface area contributed by atoms with Crippen molar-refractivity contribution in [2.45, 2.75) is 25.3 Å². The fraction of sp³-hybridized carbons (Fsp3) is 0.600. The Morgan fingerprint density at radius 3 is 2.93 bits per heavy atom. The van der Waals surface area contributed by atoms with Gasteiger partial charge >= 0.3 is 0 Å². The van der Waals surface area contributed by atoms with E-state index in [2.05, 4.69) is 20.6 Å². The first kappa shape index (κ1) is 9.40. The molecule has 1 fully saturated rings. The number of rotatable bonds is 2. The van der Waals surface area contributed by atoms with Gasteiger partial charge in [-0.25, -0.2) is 9.97 Å². The van der Waals surface area contributed by atoms with Gasteiger partial charge in [-0.2, -0.15) is 0 Å². The van der Waals surface area contributed by atoms with Crippen LogP contribution in [0.4, 0.5) is 5.69 Å². The van der Waals surface area contributed by atoms with Crippen molar-refractivity contribution in [1.82, 2.24) is 15.3 Å². The van der Waals surface area contributed by atoms with Crippen LogP contribution in [0.2, 0.25) is 0 Å². The maximum absolute atomic E-state index is 3.98. The monoisotopic (exact) mass is 192 g/mol. The minimum Gasteiger partial charge on any atom is -0.380 e. The van der Waals surface area contributed by atoms with Gasteiger partial charge in [0.25, 0.3) is 0 Å². The van der Waals surface area contributed by atoms with Crippen LogP contribution in [0.3, 0.4) is 0 Å². The molecule has 1 aromatic rings. The molecule has 2 N–H and O–H groups in total. The molecule has 1 aliphatic heterocycles. The van der Waals surface area contributed by atoms with Gasteiger partial charge in [0.05, 0.1) is 18.1 Å². The third kappa shape index (κ3) is 2.67. The zero-order chi connectivity index (χ0) is 9.64. The van der Waals surface area contributed by atoms with Crippen molar-refractivity contribution >= 4 is 5.69 Å². The molecule has 76 valence electrons.